The van der Waals surface area contributed by atoms with Crippen LogP contribution in [-0.4, -0.2) is 12.6 Å². The molecule has 0 amide bonds. The van der Waals surface area contributed by atoms with Crippen LogP contribution in [0.5, 0.6) is 0 Å². The number of hydrogen-bond donors (Lipinski definition) is 1. The van der Waals surface area contributed by atoms with Gasteiger partial charge in [0.25, 0.3) is 0 Å². The Morgan fingerprint density at radius 3 is 2.31 bits per heavy atom. The van der Waals surface area contributed by atoms with E-state index in [1.54, 1.807) is 0 Å². The summed E-state index contributed by atoms with van der Waals surface area (Å²) < 4.78 is 0. The van der Waals surface area contributed by atoms with Gasteiger partial charge in [0.15, 0.2) is 0 Å². The normalized spacial score (nSPS) is 30.5. The van der Waals surface area contributed by atoms with E-state index in [1.807, 2.05) is 0 Å². The molecule has 0 bridgehead atoms. The summed E-state index contributed by atoms with van der Waals surface area (Å²) in [4.78, 5) is 0. The molecular formula is C12H25N. The largest absolute Gasteiger partial charge is 0.314 e. The van der Waals surface area contributed by atoms with Gasteiger partial charge in [-0.15, -0.1) is 0 Å². The van der Waals surface area contributed by atoms with Gasteiger partial charge in [0.2, 0.25) is 0 Å². The van der Waals surface area contributed by atoms with Crippen molar-refractivity contribution < 1.29 is 0 Å². The molecule has 0 aromatic heterocycles. The Hall–Kier alpha value is -0.0400. The third-order valence-corrected chi connectivity index (χ3v) is 3.34. The highest BCUT2D eigenvalue weighted by molar-refractivity contribution is 4.87. The first-order valence-electron chi connectivity index (χ1n) is 5.79. The molecule has 0 radical (unpaired) electrons. The van der Waals surface area contributed by atoms with Crippen LogP contribution in [0.15, 0.2) is 0 Å². The highest BCUT2D eigenvalue weighted by Crippen LogP contribution is 2.37. The van der Waals surface area contributed by atoms with Gasteiger partial charge in [-0.2, -0.15) is 0 Å². The molecule has 1 saturated carbocycles. The fourth-order valence-corrected chi connectivity index (χ4v) is 2.67. The van der Waals surface area contributed by atoms with Crippen molar-refractivity contribution in [1.82, 2.24) is 5.32 Å². The number of nitrogens with one attached hydrogen (secondary N) is 1. The van der Waals surface area contributed by atoms with E-state index in [-0.39, 0.29) is 0 Å². The fourth-order valence-electron chi connectivity index (χ4n) is 2.67. The molecule has 0 saturated heterocycles. The smallest absolute Gasteiger partial charge is 0.0100 e. The minimum absolute atomic E-state index is 0.479. The fraction of sp³-hybridized carbons (Fsp3) is 1.00. The lowest BCUT2D eigenvalue weighted by molar-refractivity contribution is 0.132. The summed E-state index contributed by atoms with van der Waals surface area (Å²) in [7, 11) is 0. The van der Waals surface area contributed by atoms with E-state index in [4.69, 9.17) is 0 Å². The maximum absolute atomic E-state index is 3.64. The van der Waals surface area contributed by atoms with Crippen molar-refractivity contribution >= 4 is 0 Å². The van der Waals surface area contributed by atoms with Crippen molar-refractivity contribution in [2.75, 3.05) is 6.54 Å². The van der Waals surface area contributed by atoms with Crippen molar-refractivity contribution in [2.24, 2.45) is 11.3 Å². The van der Waals surface area contributed by atoms with Crippen molar-refractivity contribution in [3.63, 3.8) is 0 Å². The van der Waals surface area contributed by atoms with Crippen molar-refractivity contribution in [3.8, 4) is 0 Å². The zero-order valence-electron chi connectivity index (χ0n) is 9.69. The lowest BCUT2D eigenvalue weighted by Gasteiger charge is -2.40. The Morgan fingerprint density at radius 2 is 1.77 bits per heavy atom. The van der Waals surface area contributed by atoms with E-state index in [0.717, 1.165) is 18.5 Å². The predicted molar refractivity (Wildman–Crippen MR) is 58.9 cm³/mol. The first-order valence-corrected chi connectivity index (χ1v) is 5.79. The molecule has 1 aliphatic carbocycles. The van der Waals surface area contributed by atoms with Crippen molar-refractivity contribution in [2.45, 2.75) is 59.4 Å². The van der Waals surface area contributed by atoms with Gasteiger partial charge in [0.05, 0.1) is 0 Å². The van der Waals surface area contributed by atoms with Crippen LogP contribution in [0.2, 0.25) is 0 Å². The van der Waals surface area contributed by atoms with Crippen LogP contribution in [0.1, 0.15) is 53.4 Å². The summed E-state index contributed by atoms with van der Waals surface area (Å²) >= 11 is 0. The SMILES string of the molecule is CCNC1CCCCC1C(C)(C)C. The molecule has 1 rings (SSSR count). The minimum atomic E-state index is 0.479. The predicted octanol–water partition coefficient (Wildman–Crippen LogP) is 3.20. The maximum Gasteiger partial charge on any atom is 0.0100 e. The highest BCUT2D eigenvalue weighted by Gasteiger charge is 2.33. The van der Waals surface area contributed by atoms with Gasteiger partial charge in [0, 0.05) is 6.04 Å². The van der Waals surface area contributed by atoms with E-state index >= 15 is 0 Å². The Morgan fingerprint density at radius 1 is 1.15 bits per heavy atom. The molecule has 1 aliphatic rings. The van der Waals surface area contributed by atoms with Gasteiger partial charge in [-0.05, 0) is 30.7 Å². The third-order valence-electron chi connectivity index (χ3n) is 3.34. The molecule has 0 aliphatic heterocycles. The second-order valence-corrected chi connectivity index (χ2v) is 5.42. The van der Waals surface area contributed by atoms with Crippen molar-refractivity contribution in [1.29, 1.82) is 0 Å². The lowest BCUT2D eigenvalue weighted by Crippen LogP contribution is -2.44. The van der Waals surface area contributed by atoms with Gasteiger partial charge >= 0.3 is 0 Å². The number of hydrogen-bond acceptors (Lipinski definition) is 1. The Balaban J connectivity index is 2.56. The van der Waals surface area contributed by atoms with Gasteiger partial charge in [-0.25, -0.2) is 0 Å². The van der Waals surface area contributed by atoms with Crippen LogP contribution in [0.3, 0.4) is 0 Å². The first-order chi connectivity index (χ1) is 6.05. The van der Waals surface area contributed by atoms with Crippen LogP contribution in [0, 0.1) is 11.3 Å². The Bertz CT molecular complexity index is 144. The molecule has 0 aromatic carbocycles. The van der Waals surface area contributed by atoms with Gasteiger partial charge in [0.1, 0.15) is 0 Å². The summed E-state index contributed by atoms with van der Waals surface area (Å²) in [6, 6.07) is 0.777. The van der Waals surface area contributed by atoms with Gasteiger partial charge in [-0.1, -0.05) is 40.5 Å². The van der Waals surface area contributed by atoms with Crippen molar-refractivity contribution in [3.05, 3.63) is 0 Å². The summed E-state index contributed by atoms with van der Waals surface area (Å²) in [6.45, 7) is 10.5. The zero-order valence-corrected chi connectivity index (χ0v) is 9.69. The second kappa shape index (κ2) is 4.45. The summed E-state index contributed by atoms with van der Waals surface area (Å²) in [6.07, 6.45) is 5.66. The quantitative estimate of drug-likeness (QED) is 0.693. The van der Waals surface area contributed by atoms with Crippen LogP contribution < -0.4 is 5.32 Å². The first kappa shape index (κ1) is 11.0. The lowest BCUT2D eigenvalue weighted by atomic mass is 9.69. The molecule has 1 N–H and O–H groups in total. The van der Waals surface area contributed by atoms with E-state index in [9.17, 15) is 0 Å². The molecule has 2 unspecified atom stereocenters. The zero-order chi connectivity index (χ0) is 9.90. The Labute approximate surface area is 83.3 Å². The third kappa shape index (κ3) is 2.98. The molecule has 78 valence electrons. The topological polar surface area (TPSA) is 12.0 Å². The minimum Gasteiger partial charge on any atom is -0.314 e. The molecule has 13 heavy (non-hydrogen) atoms. The molecular weight excluding hydrogens is 158 g/mol. The average molecular weight is 183 g/mol. The van der Waals surface area contributed by atoms with Gasteiger partial charge in [-0.3, -0.25) is 0 Å². The molecule has 1 heteroatoms. The van der Waals surface area contributed by atoms with Crippen LogP contribution in [0.25, 0.3) is 0 Å². The number of rotatable bonds is 2. The van der Waals surface area contributed by atoms with E-state index in [2.05, 4.69) is 33.0 Å². The molecule has 1 nitrogen and oxygen atoms in total. The summed E-state index contributed by atoms with van der Waals surface area (Å²) in [5.41, 5.74) is 0.479. The van der Waals surface area contributed by atoms with Crippen LogP contribution in [-0.2, 0) is 0 Å². The van der Waals surface area contributed by atoms with Crippen LogP contribution in [0.4, 0.5) is 0 Å². The standard InChI is InChI=1S/C12H25N/c1-5-13-11-9-7-6-8-10(11)12(2,3)4/h10-11,13H,5-9H2,1-4H3. The monoisotopic (exact) mass is 183 g/mol. The molecule has 0 spiro atoms. The molecule has 1 fully saturated rings. The molecule has 2 atom stereocenters. The average Bonchev–Trinajstić information content (AvgIpc) is 2.04. The van der Waals surface area contributed by atoms with Crippen LogP contribution >= 0.6 is 0 Å². The summed E-state index contributed by atoms with van der Waals surface area (Å²) in [5, 5.41) is 3.64. The highest BCUT2D eigenvalue weighted by atomic mass is 14.9. The Kier molecular flexibility index (Phi) is 3.78. The van der Waals surface area contributed by atoms with E-state index in [1.165, 1.54) is 25.7 Å². The molecule has 0 heterocycles. The van der Waals surface area contributed by atoms with E-state index < -0.39 is 0 Å². The van der Waals surface area contributed by atoms with Gasteiger partial charge < -0.3 is 5.32 Å². The second-order valence-electron chi connectivity index (χ2n) is 5.42. The summed E-state index contributed by atoms with van der Waals surface area (Å²) in [5.74, 6) is 0.876. The van der Waals surface area contributed by atoms with E-state index in [0.29, 0.717) is 5.41 Å². The maximum atomic E-state index is 3.64. The molecule has 0 aromatic rings.